The number of amides is 3. The molecule has 3 aliphatic rings. The second-order valence-electron chi connectivity index (χ2n) is 14.4. The van der Waals surface area contributed by atoms with Crippen LogP contribution in [0.25, 0.3) is 0 Å². The number of carbonyl (C=O) groups excluding carboxylic acids is 3. The third kappa shape index (κ3) is 9.00. The first-order chi connectivity index (χ1) is 26.8. The highest BCUT2D eigenvalue weighted by Gasteiger charge is 2.50. The van der Waals surface area contributed by atoms with Gasteiger partial charge in [-0.3, -0.25) is 4.79 Å². The van der Waals surface area contributed by atoms with Crippen LogP contribution in [0.4, 0.5) is 10.5 Å². The van der Waals surface area contributed by atoms with Gasteiger partial charge in [0, 0.05) is 50.3 Å². The highest BCUT2D eigenvalue weighted by Crippen LogP contribution is 2.40. The number of urea groups is 1. The van der Waals surface area contributed by atoms with Gasteiger partial charge in [0.15, 0.2) is 6.29 Å². The van der Waals surface area contributed by atoms with Gasteiger partial charge in [-0.05, 0) is 47.2 Å². The number of carbonyl (C=O) groups is 3. The van der Waals surface area contributed by atoms with E-state index in [1.165, 1.54) is 7.11 Å². The standard InChI is InChI=1S/C43H49N5O7/c1-53-39(50)37(24-30-8-4-2-5-9-30)46-42(52)44-26-31-12-18-34(19-13-31)40-54-36(25-38(55-40)33-16-14-32(28-49)15-17-33)27-47-22-20-43(21-23-47)41(51)45-29-48(43)35-10-6-3-7-11-35/h2-19,36-38,40,49H,20-29H2,1H3,(H,45,51)(H2,44,46,52). The smallest absolute Gasteiger partial charge is 0.328 e. The molecule has 3 saturated heterocycles. The number of rotatable bonds is 12. The Bertz CT molecular complexity index is 1890. The minimum Gasteiger partial charge on any atom is -0.467 e. The Morgan fingerprint density at radius 3 is 2.20 bits per heavy atom. The monoisotopic (exact) mass is 747 g/mol. The minimum absolute atomic E-state index is 0.0290. The number of para-hydroxylation sites is 1. The predicted molar refractivity (Wildman–Crippen MR) is 207 cm³/mol. The van der Waals surface area contributed by atoms with Crippen molar-refractivity contribution in [1.82, 2.24) is 20.9 Å². The molecule has 1 spiro atoms. The van der Waals surface area contributed by atoms with Crippen molar-refractivity contribution in [2.45, 2.75) is 68.9 Å². The number of anilines is 1. The van der Waals surface area contributed by atoms with Crippen LogP contribution in [0.15, 0.2) is 109 Å². The average molecular weight is 748 g/mol. The minimum atomic E-state index is -0.826. The number of esters is 1. The molecular formula is C43H49N5O7. The van der Waals surface area contributed by atoms with Crippen LogP contribution in [-0.4, -0.2) is 79.0 Å². The number of ether oxygens (including phenoxy) is 3. The maximum absolute atomic E-state index is 13.2. The molecule has 3 fully saturated rings. The molecule has 12 heteroatoms. The van der Waals surface area contributed by atoms with Crippen LogP contribution in [-0.2, 0) is 43.4 Å². The molecule has 3 heterocycles. The molecule has 7 rings (SSSR count). The average Bonchev–Trinajstić information content (AvgIpc) is 3.55. The van der Waals surface area contributed by atoms with Gasteiger partial charge in [-0.15, -0.1) is 0 Å². The molecular weight excluding hydrogens is 699 g/mol. The molecule has 4 atom stereocenters. The van der Waals surface area contributed by atoms with E-state index in [1.807, 2.05) is 97.1 Å². The summed E-state index contributed by atoms with van der Waals surface area (Å²) in [6.45, 7) is 2.95. The molecule has 0 bridgehead atoms. The summed E-state index contributed by atoms with van der Waals surface area (Å²) in [6, 6.07) is 33.9. The maximum atomic E-state index is 13.2. The molecule has 3 aliphatic heterocycles. The number of nitrogens with one attached hydrogen (secondary N) is 3. The Balaban J connectivity index is 0.989. The van der Waals surface area contributed by atoms with Crippen LogP contribution >= 0.6 is 0 Å². The lowest BCUT2D eigenvalue weighted by molar-refractivity contribution is -0.253. The second-order valence-corrected chi connectivity index (χ2v) is 14.4. The number of methoxy groups -OCH3 is 1. The molecule has 55 heavy (non-hydrogen) atoms. The van der Waals surface area contributed by atoms with Gasteiger partial charge in [0.2, 0.25) is 5.91 Å². The van der Waals surface area contributed by atoms with E-state index in [2.05, 4.69) is 37.9 Å². The van der Waals surface area contributed by atoms with Crippen LogP contribution in [0.2, 0.25) is 0 Å². The van der Waals surface area contributed by atoms with Crippen molar-refractivity contribution in [3.05, 3.63) is 137 Å². The molecule has 4 unspecified atom stereocenters. The van der Waals surface area contributed by atoms with Gasteiger partial charge < -0.3 is 45.1 Å². The van der Waals surface area contributed by atoms with Crippen LogP contribution in [0.1, 0.15) is 59.5 Å². The maximum Gasteiger partial charge on any atom is 0.328 e. The van der Waals surface area contributed by atoms with E-state index in [4.69, 9.17) is 14.2 Å². The van der Waals surface area contributed by atoms with E-state index in [9.17, 15) is 19.5 Å². The van der Waals surface area contributed by atoms with Gasteiger partial charge in [0.25, 0.3) is 0 Å². The van der Waals surface area contributed by atoms with Crippen molar-refractivity contribution in [3.63, 3.8) is 0 Å². The van der Waals surface area contributed by atoms with Crippen molar-refractivity contribution in [1.29, 1.82) is 0 Å². The largest absolute Gasteiger partial charge is 0.467 e. The summed E-state index contributed by atoms with van der Waals surface area (Å²) in [4.78, 5) is 43.1. The fourth-order valence-electron chi connectivity index (χ4n) is 7.83. The van der Waals surface area contributed by atoms with Crippen molar-refractivity contribution in [3.8, 4) is 0 Å². The Hall–Kier alpha value is -5.27. The molecule has 288 valence electrons. The first kappa shape index (κ1) is 38.0. The van der Waals surface area contributed by atoms with E-state index in [-0.39, 0.29) is 31.3 Å². The Kier molecular flexibility index (Phi) is 12.1. The van der Waals surface area contributed by atoms with Crippen LogP contribution in [0.5, 0.6) is 0 Å². The molecule has 3 amide bonds. The Morgan fingerprint density at radius 1 is 0.873 bits per heavy atom. The zero-order valence-corrected chi connectivity index (χ0v) is 31.1. The first-order valence-corrected chi connectivity index (χ1v) is 18.9. The van der Waals surface area contributed by atoms with Crippen molar-refractivity contribution < 1.29 is 33.7 Å². The molecule has 4 N–H and O–H groups in total. The molecule has 0 aliphatic carbocycles. The third-order valence-corrected chi connectivity index (χ3v) is 10.9. The molecule has 4 aromatic carbocycles. The van der Waals surface area contributed by atoms with E-state index < -0.39 is 29.9 Å². The second kappa shape index (κ2) is 17.5. The normalized spacial score (nSPS) is 21.5. The van der Waals surface area contributed by atoms with Crippen LogP contribution < -0.4 is 20.9 Å². The highest BCUT2D eigenvalue weighted by atomic mass is 16.7. The van der Waals surface area contributed by atoms with E-state index in [0.29, 0.717) is 26.1 Å². The molecule has 0 aromatic heterocycles. The first-order valence-electron chi connectivity index (χ1n) is 18.9. The van der Waals surface area contributed by atoms with Crippen molar-refractivity contribution in [2.75, 3.05) is 38.3 Å². The van der Waals surface area contributed by atoms with Gasteiger partial charge in [-0.25, -0.2) is 9.59 Å². The van der Waals surface area contributed by atoms with Crippen molar-refractivity contribution >= 4 is 23.6 Å². The number of likely N-dealkylation sites (tertiary alicyclic amines) is 1. The summed E-state index contributed by atoms with van der Waals surface area (Å²) in [7, 11) is 1.30. The summed E-state index contributed by atoms with van der Waals surface area (Å²) >= 11 is 0. The summed E-state index contributed by atoms with van der Waals surface area (Å²) in [5.74, 6) is -0.422. The molecule has 0 radical (unpaired) electrons. The zero-order valence-electron chi connectivity index (χ0n) is 31.1. The highest BCUT2D eigenvalue weighted by molar-refractivity contribution is 5.93. The van der Waals surface area contributed by atoms with Gasteiger partial charge in [-0.1, -0.05) is 97.1 Å². The number of benzene rings is 4. The van der Waals surface area contributed by atoms with Gasteiger partial charge in [0.1, 0.15) is 11.6 Å². The molecule has 4 aromatic rings. The van der Waals surface area contributed by atoms with Crippen LogP contribution in [0.3, 0.4) is 0 Å². The van der Waals surface area contributed by atoms with Gasteiger partial charge in [0.05, 0.1) is 32.6 Å². The fraction of sp³-hybridized carbons (Fsp3) is 0.372. The quantitative estimate of drug-likeness (QED) is 0.151. The van der Waals surface area contributed by atoms with Gasteiger partial charge >= 0.3 is 12.0 Å². The Morgan fingerprint density at radius 2 is 1.53 bits per heavy atom. The summed E-state index contributed by atoms with van der Waals surface area (Å²) in [6.07, 6.45) is 1.41. The third-order valence-electron chi connectivity index (χ3n) is 10.9. The number of piperidine rings is 1. The number of aliphatic hydroxyl groups excluding tert-OH is 1. The number of aliphatic hydroxyl groups is 1. The Labute approximate surface area is 321 Å². The summed E-state index contributed by atoms with van der Waals surface area (Å²) in [5.41, 5.74) is 4.96. The lowest BCUT2D eigenvalue weighted by Crippen LogP contribution is -2.57. The van der Waals surface area contributed by atoms with E-state index in [1.54, 1.807) is 0 Å². The number of nitrogens with zero attached hydrogens (tertiary/aromatic N) is 2. The van der Waals surface area contributed by atoms with E-state index >= 15 is 0 Å². The number of hydrogen-bond donors (Lipinski definition) is 4. The lowest BCUT2D eigenvalue weighted by Gasteiger charge is -2.45. The van der Waals surface area contributed by atoms with E-state index in [0.717, 1.165) is 59.4 Å². The molecule has 0 saturated carbocycles. The summed E-state index contributed by atoms with van der Waals surface area (Å²) in [5, 5.41) is 18.3. The fourth-order valence-corrected chi connectivity index (χ4v) is 7.83. The SMILES string of the molecule is COC(=O)C(Cc1ccccc1)NC(=O)NCc1ccc(C2OC(CN3CCC4(CC3)C(=O)NCN4c3ccccc3)CC(c3ccc(CO)cc3)O2)cc1. The van der Waals surface area contributed by atoms with Gasteiger partial charge in [-0.2, -0.15) is 0 Å². The topological polar surface area (TPSA) is 142 Å². The number of hydrogen-bond acceptors (Lipinski definition) is 9. The van der Waals surface area contributed by atoms with Crippen molar-refractivity contribution in [2.24, 2.45) is 0 Å². The lowest BCUT2D eigenvalue weighted by atomic mass is 9.85. The van der Waals surface area contributed by atoms with Crippen LogP contribution in [0, 0.1) is 0 Å². The molecule has 12 nitrogen and oxygen atoms in total. The zero-order chi connectivity index (χ0) is 38.2. The predicted octanol–water partition coefficient (Wildman–Crippen LogP) is 4.74. The summed E-state index contributed by atoms with van der Waals surface area (Å²) < 4.78 is 18.2.